The number of hydrogen-bond acceptors (Lipinski definition) is 6. The molecule has 0 saturated carbocycles. The van der Waals surface area contributed by atoms with Crippen molar-refractivity contribution in [1.29, 1.82) is 0 Å². The molecule has 0 aliphatic heterocycles. The third-order valence-corrected chi connectivity index (χ3v) is 4.68. The number of pyridine rings is 1. The highest BCUT2D eigenvalue weighted by atomic mass is 19.4. The van der Waals surface area contributed by atoms with E-state index in [1.807, 2.05) is 0 Å². The van der Waals surface area contributed by atoms with Crippen molar-refractivity contribution in [2.24, 2.45) is 0 Å². The molecule has 2 heterocycles. The van der Waals surface area contributed by atoms with Gasteiger partial charge < -0.3 is 10.1 Å². The molecule has 180 valence electrons. The number of anilines is 2. The van der Waals surface area contributed by atoms with Gasteiger partial charge in [-0.2, -0.15) is 41.3 Å². The molecule has 2 aromatic carbocycles. The van der Waals surface area contributed by atoms with Crippen molar-refractivity contribution in [3.05, 3.63) is 89.7 Å². The summed E-state index contributed by atoms with van der Waals surface area (Å²) in [4.78, 5) is 16.4. The van der Waals surface area contributed by atoms with E-state index in [9.17, 15) is 26.3 Å². The number of hydrogen-bond donors (Lipinski definition) is 1. The summed E-state index contributed by atoms with van der Waals surface area (Å²) < 4.78 is 83.8. The van der Waals surface area contributed by atoms with Crippen molar-refractivity contribution in [1.82, 2.24) is 19.9 Å². The van der Waals surface area contributed by atoms with Crippen LogP contribution in [-0.2, 0) is 19.0 Å². The molecule has 0 aliphatic rings. The summed E-state index contributed by atoms with van der Waals surface area (Å²) in [7, 11) is 0. The topological polar surface area (TPSA) is 72.8 Å². The van der Waals surface area contributed by atoms with Gasteiger partial charge in [-0.25, -0.2) is 0 Å². The van der Waals surface area contributed by atoms with Gasteiger partial charge >= 0.3 is 18.4 Å². The summed E-state index contributed by atoms with van der Waals surface area (Å²) in [5.41, 5.74) is -1.10. The molecular formula is C23H15F6N5O. The lowest BCUT2D eigenvalue weighted by molar-refractivity contribution is -0.139. The minimum atomic E-state index is -4.57. The molecule has 0 amide bonds. The van der Waals surface area contributed by atoms with E-state index in [1.54, 1.807) is 12.1 Å². The summed E-state index contributed by atoms with van der Waals surface area (Å²) in [6, 6.07) is 12.1. The minimum Gasteiger partial charge on any atom is -0.458 e. The first kappa shape index (κ1) is 23.9. The van der Waals surface area contributed by atoms with Crippen LogP contribution in [0.15, 0.2) is 73.1 Å². The molecule has 0 bridgehead atoms. The van der Waals surface area contributed by atoms with Gasteiger partial charge in [-0.1, -0.05) is 18.2 Å². The summed E-state index contributed by atoms with van der Waals surface area (Å²) >= 11 is 0. The van der Waals surface area contributed by atoms with E-state index in [-0.39, 0.29) is 29.0 Å². The van der Waals surface area contributed by atoms with Gasteiger partial charge in [0, 0.05) is 29.2 Å². The van der Waals surface area contributed by atoms with Gasteiger partial charge in [0.1, 0.15) is 6.61 Å². The molecule has 0 fully saturated rings. The number of rotatable bonds is 6. The van der Waals surface area contributed by atoms with Gasteiger partial charge in [0.25, 0.3) is 0 Å². The van der Waals surface area contributed by atoms with Crippen molar-refractivity contribution in [2.45, 2.75) is 19.0 Å². The lowest BCUT2D eigenvalue weighted by Gasteiger charge is -2.14. The SMILES string of the molecule is FC(F)(F)c1ccc(Nc2nc(OCc3ccccc3C(F)(F)F)nc(-c3cccnc3)n2)cc1. The molecule has 0 saturated heterocycles. The molecule has 0 aliphatic carbocycles. The van der Waals surface area contributed by atoms with Crippen LogP contribution in [0.25, 0.3) is 11.4 Å². The maximum Gasteiger partial charge on any atom is 0.416 e. The van der Waals surface area contributed by atoms with E-state index < -0.39 is 30.1 Å². The zero-order valence-corrected chi connectivity index (χ0v) is 17.6. The fourth-order valence-corrected chi connectivity index (χ4v) is 3.04. The lowest BCUT2D eigenvalue weighted by Crippen LogP contribution is -2.12. The quantitative estimate of drug-likeness (QED) is 0.320. The van der Waals surface area contributed by atoms with Gasteiger partial charge in [-0.3, -0.25) is 4.98 Å². The number of benzene rings is 2. The van der Waals surface area contributed by atoms with E-state index in [4.69, 9.17) is 4.74 Å². The van der Waals surface area contributed by atoms with Gasteiger partial charge in [0.15, 0.2) is 5.82 Å². The van der Waals surface area contributed by atoms with Crippen molar-refractivity contribution >= 4 is 11.6 Å². The fraction of sp³-hybridized carbons (Fsp3) is 0.130. The molecule has 12 heteroatoms. The molecule has 0 radical (unpaired) electrons. The monoisotopic (exact) mass is 491 g/mol. The maximum absolute atomic E-state index is 13.3. The molecule has 0 atom stereocenters. The van der Waals surface area contributed by atoms with E-state index in [2.05, 4.69) is 25.3 Å². The Bertz CT molecular complexity index is 1290. The Hall–Kier alpha value is -4.22. The average molecular weight is 491 g/mol. The highest BCUT2D eigenvalue weighted by Gasteiger charge is 2.33. The second kappa shape index (κ2) is 9.57. The number of nitrogens with one attached hydrogen (secondary N) is 1. The van der Waals surface area contributed by atoms with Gasteiger partial charge in [-0.05, 0) is 42.5 Å². The molecule has 35 heavy (non-hydrogen) atoms. The third kappa shape index (κ3) is 6.02. The van der Waals surface area contributed by atoms with Crippen LogP contribution in [0.1, 0.15) is 16.7 Å². The van der Waals surface area contributed by atoms with Crippen LogP contribution in [0.3, 0.4) is 0 Å². The number of ether oxygens (including phenoxy) is 1. The Kier molecular flexibility index (Phi) is 6.54. The van der Waals surface area contributed by atoms with Crippen LogP contribution in [0.4, 0.5) is 38.0 Å². The zero-order valence-electron chi connectivity index (χ0n) is 17.6. The highest BCUT2D eigenvalue weighted by Crippen LogP contribution is 2.33. The maximum atomic E-state index is 13.3. The third-order valence-electron chi connectivity index (χ3n) is 4.68. The highest BCUT2D eigenvalue weighted by molar-refractivity contribution is 5.59. The Morgan fingerprint density at radius 3 is 2.17 bits per heavy atom. The summed E-state index contributed by atoms with van der Waals surface area (Å²) in [5.74, 6) is 0.0133. The first-order valence-corrected chi connectivity index (χ1v) is 9.98. The number of nitrogens with zero attached hydrogens (tertiary/aromatic N) is 4. The van der Waals surface area contributed by atoms with Crippen LogP contribution in [0.2, 0.25) is 0 Å². The van der Waals surface area contributed by atoms with Gasteiger partial charge in [0.05, 0.1) is 11.1 Å². The van der Waals surface area contributed by atoms with E-state index in [0.717, 1.165) is 18.2 Å². The standard InChI is InChI=1S/C23H15F6N5O/c24-22(25,26)16-7-9-17(10-8-16)31-20-32-19(14-5-3-11-30-12-14)33-21(34-20)35-13-15-4-1-2-6-18(15)23(27,28)29/h1-12H,13H2,(H,31,32,33,34). The Labute approximate surface area is 194 Å². The van der Waals surface area contributed by atoms with Crippen LogP contribution >= 0.6 is 0 Å². The molecule has 0 spiro atoms. The Morgan fingerprint density at radius 1 is 0.771 bits per heavy atom. The molecule has 2 aromatic heterocycles. The number of halogens is 6. The zero-order chi connectivity index (χ0) is 25.1. The molecule has 4 rings (SSSR count). The second-order valence-corrected chi connectivity index (χ2v) is 7.15. The van der Waals surface area contributed by atoms with Crippen molar-refractivity contribution < 1.29 is 31.1 Å². The molecule has 4 aromatic rings. The summed E-state index contributed by atoms with van der Waals surface area (Å²) in [5, 5.41) is 2.76. The van der Waals surface area contributed by atoms with E-state index in [1.165, 1.54) is 42.7 Å². The predicted molar refractivity (Wildman–Crippen MR) is 114 cm³/mol. The van der Waals surface area contributed by atoms with Crippen LogP contribution in [0.5, 0.6) is 6.01 Å². The smallest absolute Gasteiger partial charge is 0.416 e. The van der Waals surface area contributed by atoms with Crippen LogP contribution in [-0.4, -0.2) is 19.9 Å². The molecule has 6 nitrogen and oxygen atoms in total. The van der Waals surface area contributed by atoms with Crippen molar-refractivity contribution in [2.75, 3.05) is 5.32 Å². The predicted octanol–water partition coefficient (Wildman–Crippen LogP) is 6.29. The van der Waals surface area contributed by atoms with Gasteiger partial charge in [0.2, 0.25) is 5.95 Å². The number of aromatic nitrogens is 4. The summed E-state index contributed by atoms with van der Waals surface area (Å²) in [6.07, 6.45) is -6.08. The van der Waals surface area contributed by atoms with E-state index >= 15 is 0 Å². The fourth-order valence-electron chi connectivity index (χ4n) is 3.04. The Balaban J connectivity index is 1.63. The summed E-state index contributed by atoms with van der Waals surface area (Å²) in [6.45, 7) is -0.480. The number of alkyl halides is 6. The van der Waals surface area contributed by atoms with Crippen molar-refractivity contribution in [3.63, 3.8) is 0 Å². The van der Waals surface area contributed by atoms with Crippen molar-refractivity contribution in [3.8, 4) is 17.4 Å². The van der Waals surface area contributed by atoms with Crippen LogP contribution in [0, 0.1) is 0 Å². The average Bonchev–Trinajstić information content (AvgIpc) is 2.82. The molecule has 0 unspecified atom stereocenters. The second-order valence-electron chi connectivity index (χ2n) is 7.15. The largest absolute Gasteiger partial charge is 0.458 e. The normalized spacial score (nSPS) is 11.8. The lowest BCUT2D eigenvalue weighted by atomic mass is 10.1. The molecule has 1 N–H and O–H groups in total. The van der Waals surface area contributed by atoms with Crippen LogP contribution < -0.4 is 10.1 Å². The Morgan fingerprint density at radius 2 is 1.51 bits per heavy atom. The van der Waals surface area contributed by atoms with E-state index in [0.29, 0.717) is 5.56 Å². The minimum absolute atomic E-state index is 0.0854. The first-order valence-electron chi connectivity index (χ1n) is 9.98. The van der Waals surface area contributed by atoms with Gasteiger partial charge in [-0.15, -0.1) is 0 Å². The molecular weight excluding hydrogens is 476 g/mol. The first-order chi connectivity index (χ1) is 16.6.